The molecule has 332 valence electrons. The van der Waals surface area contributed by atoms with Crippen molar-refractivity contribution in [3.8, 4) is 46.0 Å². The number of hydrogen-bond donors (Lipinski definition) is 1. The van der Waals surface area contributed by atoms with Crippen molar-refractivity contribution >= 4 is 17.3 Å². The van der Waals surface area contributed by atoms with Crippen LogP contribution < -0.4 is 28.4 Å². The van der Waals surface area contributed by atoms with Crippen molar-refractivity contribution in [1.29, 1.82) is 0 Å². The van der Waals surface area contributed by atoms with E-state index in [1.807, 2.05) is 38.1 Å². The number of benzene rings is 5. The number of aliphatic hydroxyl groups excluding tert-OH is 1. The second-order valence-corrected chi connectivity index (χ2v) is 17.0. The summed E-state index contributed by atoms with van der Waals surface area (Å²) in [6.07, 6.45) is 5.48. The standard InChI is InChI=1S/C38H42N2O6.C15H14O3/c1-39-15-13-25-20-32(42-4)34-22-28(25)29(39)17-23-7-10-27(11-8-23)45-33-19-24(9-12-31(33)41-3)18-30-36-26(14-16-40(30)2)21-35(43-5)37(44-6)38(36)46-34;1-9(2)7-8-12-13(16)10-5-3-4-6-11(10)14(17)15(12)18/h7-12,19-22,29-30H,13-18H2,1-6H3;3-7,16H,8H2,1-2H3. The number of fused-ring (bicyclic) bond motifs is 3. The van der Waals surface area contributed by atoms with Gasteiger partial charge in [0.15, 0.2) is 34.5 Å². The second-order valence-electron chi connectivity index (χ2n) is 17.0. The number of nitrogens with zero attached hydrogens (tertiary/aromatic N) is 2. The van der Waals surface area contributed by atoms with E-state index in [4.69, 9.17) is 28.4 Å². The first kappa shape index (κ1) is 44.1. The van der Waals surface area contributed by atoms with Crippen LogP contribution in [0.5, 0.6) is 46.0 Å². The van der Waals surface area contributed by atoms with E-state index >= 15 is 0 Å². The Bertz CT molecular complexity index is 2660. The maximum absolute atomic E-state index is 11.9. The van der Waals surface area contributed by atoms with Crippen molar-refractivity contribution < 1.29 is 43.1 Å². The molecular formula is C53H56N2O9. The number of methoxy groups -OCH3 is 4. The molecule has 1 aliphatic carbocycles. The molecular weight excluding hydrogens is 809 g/mol. The maximum Gasteiger partial charge on any atom is 0.234 e. The Hall–Kier alpha value is -6.56. The second kappa shape index (κ2) is 18.7. The molecule has 0 amide bonds. The number of rotatable bonds is 6. The lowest BCUT2D eigenvalue weighted by molar-refractivity contribution is -0.112. The molecule has 5 aliphatic rings. The normalized spacial score (nSPS) is 17.9. The molecule has 0 spiro atoms. The smallest absolute Gasteiger partial charge is 0.234 e. The number of ether oxygens (including phenoxy) is 6. The lowest BCUT2D eigenvalue weighted by atomic mass is 9.87. The Balaban J connectivity index is 0.000000260. The molecule has 0 aromatic heterocycles. The van der Waals surface area contributed by atoms with Crippen molar-refractivity contribution in [2.24, 2.45) is 0 Å². The predicted octanol–water partition coefficient (Wildman–Crippen LogP) is 10.2. The van der Waals surface area contributed by atoms with Gasteiger partial charge in [-0.1, -0.05) is 54.1 Å². The molecule has 5 aromatic carbocycles. The van der Waals surface area contributed by atoms with Crippen LogP contribution in [-0.2, 0) is 30.5 Å². The van der Waals surface area contributed by atoms with E-state index in [9.17, 15) is 14.7 Å². The molecule has 64 heavy (non-hydrogen) atoms. The monoisotopic (exact) mass is 864 g/mol. The molecule has 1 N–H and O–H groups in total. The van der Waals surface area contributed by atoms with Crippen LogP contribution in [0.15, 0.2) is 102 Å². The Morgan fingerprint density at radius 1 is 0.688 bits per heavy atom. The molecule has 0 saturated carbocycles. The first-order valence-corrected chi connectivity index (χ1v) is 21.7. The summed E-state index contributed by atoms with van der Waals surface area (Å²) in [4.78, 5) is 28.6. The van der Waals surface area contributed by atoms with E-state index < -0.39 is 11.6 Å². The van der Waals surface area contributed by atoms with E-state index in [1.165, 1.54) is 22.3 Å². The van der Waals surface area contributed by atoms with Crippen LogP contribution in [0.4, 0.5) is 0 Å². The maximum atomic E-state index is 11.9. The number of allylic oxidation sites excluding steroid dienone is 3. The van der Waals surface area contributed by atoms with Crippen LogP contribution in [0.2, 0.25) is 0 Å². The number of carbonyl (C=O) groups excluding carboxylic acids is 2. The van der Waals surface area contributed by atoms with Crippen molar-refractivity contribution in [2.45, 2.75) is 58.0 Å². The molecule has 10 rings (SSSR count). The topological polar surface area (TPSA) is 116 Å². The van der Waals surface area contributed by atoms with E-state index in [0.717, 1.165) is 61.2 Å². The Morgan fingerprint density at radius 3 is 2.00 bits per heavy atom. The molecule has 4 aliphatic heterocycles. The highest BCUT2D eigenvalue weighted by molar-refractivity contribution is 6.52. The van der Waals surface area contributed by atoms with Gasteiger partial charge in [0.2, 0.25) is 17.3 Å². The zero-order valence-electron chi connectivity index (χ0n) is 37.9. The van der Waals surface area contributed by atoms with Crippen LogP contribution in [-0.4, -0.2) is 82.1 Å². The highest BCUT2D eigenvalue weighted by atomic mass is 16.5. The lowest BCUT2D eigenvalue weighted by Crippen LogP contribution is -2.34. The lowest BCUT2D eigenvalue weighted by Gasteiger charge is -2.37. The summed E-state index contributed by atoms with van der Waals surface area (Å²) in [6.45, 7) is 5.67. The molecule has 2 atom stereocenters. The van der Waals surface area contributed by atoms with Crippen molar-refractivity contribution in [3.63, 3.8) is 0 Å². The fourth-order valence-corrected chi connectivity index (χ4v) is 9.19. The van der Waals surface area contributed by atoms with Crippen LogP contribution >= 0.6 is 0 Å². The Kier molecular flexibility index (Phi) is 12.8. The van der Waals surface area contributed by atoms with Gasteiger partial charge >= 0.3 is 0 Å². The molecule has 5 aromatic rings. The van der Waals surface area contributed by atoms with Gasteiger partial charge in [-0.2, -0.15) is 0 Å². The third-order valence-electron chi connectivity index (χ3n) is 12.8. The van der Waals surface area contributed by atoms with Crippen molar-refractivity contribution in [2.75, 3.05) is 55.6 Å². The molecule has 4 heterocycles. The van der Waals surface area contributed by atoms with Gasteiger partial charge in [-0.25, -0.2) is 0 Å². The Labute approximate surface area is 375 Å². The fraction of sp³-hybridized carbons (Fsp3) is 0.321. The quantitative estimate of drug-likeness (QED) is 0.130. The van der Waals surface area contributed by atoms with Crippen LogP contribution in [0, 0.1) is 0 Å². The predicted molar refractivity (Wildman–Crippen MR) is 247 cm³/mol. The number of aliphatic hydroxyl groups is 1. The highest BCUT2D eigenvalue weighted by Gasteiger charge is 2.35. The summed E-state index contributed by atoms with van der Waals surface area (Å²) in [5.41, 5.74) is 9.09. The van der Waals surface area contributed by atoms with Crippen LogP contribution in [0.1, 0.15) is 81.7 Å². The van der Waals surface area contributed by atoms with E-state index in [1.54, 1.807) is 52.7 Å². The van der Waals surface area contributed by atoms with Crippen molar-refractivity contribution in [1.82, 2.24) is 9.80 Å². The fourth-order valence-electron chi connectivity index (χ4n) is 9.19. The van der Waals surface area contributed by atoms with Gasteiger partial charge in [-0.3, -0.25) is 19.4 Å². The van der Waals surface area contributed by atoms with Gasteiger partial charge in [-0.05, 0) is 130 Å². The summed E-state index contributed by atoms with van der Waals surface area (Å²) in [5.74, 6) is 4.19. The van der Waals surface area contributed by atoms with E-state index in [2.05, 4.69) is 66.4 Å². The van der Waals surface area contributed by atoms with Gasteiger partial charge < -0.3 is 33.5 Å². The molecule has 11 nitrogen and oxygen atoms in total. The molecule has 2 unspecified atom stereocenters. The van der Waals surface area contributed by atoms with Crippen molar-refractivity contribution in [3.05, 3.63) is 147 Å². The third kappa shape index (κ3) is 8.57. The molecule has 0 fully saturated rings. The average molecular weight is 865 g/mol. The number of hydrogen-bond acceptors (Lipinski definition) is 11. The minimum Gasteiger partial charge on any atom is -0.507 e. The SMILES string of the molecule is CC(C)=CCC1=C(O)c2ccccc2C(=O)C1=O.COc1ccc2cc1Oc1ccc(cc1)CC1c3cc(c(OC)cc3CCN1C)Oc1c(OC)c(OC)cc3c1C(C2)N(C)CC3. The molecule has 0 saturated heterocycles. The molecule has 6 bridgehead atoms. The first-order valence-electron chi connectivity index (χ1n) is 21.7. The Morgan fingerprint density at radius 2 is 1.31 bits per heavy atom. The first-order chi connectivity index (χ1) is 30.9. The van der Waals surface area contributed by atoms with Gasteiger partial charge in [-0.15, -0.1) is 0 Å². The summed E-state index contributed by atoms with van der Waals surface area (Å²) in [5, 5.41) is 10.1. The number of ketones is 2. The number of Topliss-reactive ketones (excluding diaryl/α,β-unsaturated/α-hetero) is 2. The van der Waals surface area contributed by atoms with Crippen LogP contribution in [0.3, 0.4) is 0 Å². The van der Waals surface area contributed by atoms with E-state index in [-0.39, 0.29) is 35.4 Å². The molecule has 11 heteroatoms. The summed E-state index contributed by atoms with van der Waals surface area (Å²) in [7, 11) is 11.1. The van der Waals surface area contributed by atoms with E-state index in [0.29, 0.717) is 45.8 Å². The van der Waals surface area contributed by atoms with Gasteiger partial charge in [0.25, 0.3) is 0 Å². The zero-order valence-corrected chi connectivity index (χ0v) is 37.9. The largest absolute Gasteiger partial charge is 0.507 e. The number of carbonyl (C=O) groups is 2. The summed E-state index contributed by atoms with van der Waals surface area (Å²) >= 11 is 0. The van der Waals surface area contributed by atoms with Gasteiger partial charge in [0, 0.05) is 47.4 Å². The minimum absolute atomic E-state index is 0.000437. The van der Waals surface area contributed by atoms with Gasteiger partial charge in [0.05, 0.1) is 28.4 Å². The summed E-state index contributed by atoms with van der Waals surface area (Å²) in [6, 6.07) is 27.8. The highest BCUT2D eigenvalue weighted by Crippen LogP contribution is 2.52. The zero-order chi connectivity index (χ0) is 45.2. The third-order valence-corrected chi connectivity index (χ3v) is 12.8. The average Bonchev–Trinajstić information content (AvgIpc) is 3.30. The summed E-state index contributed by atoms with van der Waals surface area (Å²) < 4.78 is 37.1. The van der Waals surface area contributed by atoms with Crippen LogP contribution in [0.25, 0.3) is 5.76 Å². The minimum atomic E-state index is -0.608. The van der Waals surface area contributed by atoms with Gasteiger partial charge in [0.1, 0.15) is 11.5 Å². The number of likely N-dealkylation sites (N-methyl/N-ethyl adjacent to an activating group) is 2. The molecule has 0 radical (unpaired) electrons.